The molecule has 1 aromatic rings. The van der Waals surface area contributed by atoms with Gasteiger partial charge in [-0.1, -0.05) is 0 Å². The van der Waals surface area contributed by atoms with Gasteiger partial charge in [0.15, 0.2) is 0 Å². The van der Waals surface area contributed by atoms with Crippen LogP contribution in [0.15, 0.2) is 5.38 Å². The predicted octanol–water partition coefficient (Wildman–Crippen LogP) is 1.19. The fraction of sp³-hybridized carbons (Fsp3) is 0.556. The number of nitrogens with zero attached hydrogens (tertiary/aromatic N) is 1. The minimum atomic E-state index is -0.796. The molecule has 0 radical (unpaired) electrons. The predicted molar refractivity (Wildman–Crippen MR) is 55.4 cm³/mol. The van der Waals surface area contributed by atoms with Gasteiger partial charge in [0.2, 0.25) is 0 Å². The van der Waals surface area contributed by atoms with Gasteiger partial charge in [0.05, 0.1) is 10.7 Å². The van der Waals surface area contributed by atoms with Crippen LogP contribution in [0.3, 0.4) is 0 Å². The zero-order chi connectivity index (χ0) is 10.6. The highest BCUT2D eigenvalue weighted by Gasteiger charge is 2.08. The number of thiazole rings is 1. The van der Waals surface area contributed by atoms with Crippen LogP contribution in [0.1, 0.15) is 23.5 Å². The third-order valence-corrected chi connectivity index (χ3v) is 2.69. The van der Waals surface area contributed by atoms with Crippen LogP contribution in [-0.4, -0.2) is 22.1 Å². The van der Waals surface area contributed by atoms with Crippen LogP contribution in [0.5, 0.6) is 0 Å². The molecule has 0 aromatic carbocycles. The van der Waals surface area contributed by atoms with Crippen LogP contribution >= 0.6 is 11.3 Å². The van der Waals surface area contributed by atoms with Crippen LogP contribution in [0.2, 0.25) is 0 Å². The molecular formula is C9H14N2O2S. The Bertz CT molecular complexity index is 312. The molecule has 14 heavy (non-hydrogen) atoms. The number of aliphatic carboxylic acids is 1. The highest BCUT2D eigenvalue weighted by molar-refractivity contribution is 7.09. The molecule has 78 valence electrons. The molecule has 0 spiro atoms. The van der Waals surface area contributed by atoms with E-state index >= 15 is 0 Å². The van der Waals surface area contributed by atoms with Gasteiger partial charge in [0.25, 0.3) is 0 Å². The highest BCUT2D eigenvalue weighted by Crippen LogP contribution is 2.10. The summed E-state index contributed by atoms with van der Waals surface area (Å²) < 4.78 is 0. The van der Waals surface area contributed by atoms with E-state index in [-0.39, 0.29) is 12.5 Å². The smallest absolute Gasteiger partial charge is 0.303 e. The van der Waals surface area contributed by atoms with Crippen molar-refractivity contribution >= 4 is 17.3 Å². The average Bonchev–Trinajstić information content (AvgIpc) is 2.48. The Morgan fingerprint density at radius 1 is 1.79 bits per heavy atom. The Morgan fingerprint density at radius 2 is 2.50 bits per heavy atom. The lowest BCUT2D eigenvalue weighted by Crippen LogP contribution is -2.23. The second kappa shape index (κ2) is 5.07. The first-order chi connectivity index (χ1) is 6.58. The number of rotatable bonds is 5. The molecule has 1 unspecified atom stereocenters. The van der Waals surface area contributed by atoms with Crippen LogP contribution in [0.25, 0.3) is 0 Å². The molecule has 1 heterocycles. The van der Waals surface area contributed by atoms with Gasteiger partial charge >= 0.3 is 5.97 Å². The molecule has 0 bridgehead atoms. The number of hydrogen-bond donors (Lipinski definition) is 2. The molecule has 0 aliphatic rings. The second-order valence-electron chi connectivity index (χ2n) is 3.25. The van der Waals surface area contributed by atoms with E-state index in [9.17, 15) is 4.79 Å². The van der Waals surface area contributed by atoms with E-state index in [1.807, 2.05) is 12.3 Å². The molecule has 0 aliphatic carbocycles. The maximum atomic E-state index is 10.3. The molecule has 5 heteroatoms. The van der Waals surface area contributed by atoms with E-state index in [4.69, 9.17) is 10.8 Å². The van der Waals surface area contributed by atoms with Crippen molar-refractivity contribution < 1.29 is 9.90 Å². The summed E-state index contributed by atoms with van der Waals surface area (Å²) in [5.41, 5.74) is 6.73. The monoisotopic (exact) mass is 214 g/mol. The fourth-order valence-corrected chi connectivity index (χ4v) is 1.81. The van der Waals surface area contributed by atoms with E-state index in [0.717, 1.165) is 10.7 Å². The Balaban J connectivity index is 2.33. The summed E-state index contributed by atoms with van der Waals surface area (Å²) in [7, 11) is 0. The van der Waals surface area contributed by atoms with Gasteiger partial charge in [-0.25, -0.2) is 4.98 Å². The lowest BCUT2D eigenvalue weighted by atomic mass is 10.1. The number of aromatic nitrogens is 1. The van der Waals surface area contributed by atoms with Crippen molar-refractivity contribution in [3.05, 3.63) is 16.1 Å². The van der Waals surface area contributed by atoms with E-state index in [1.54, 1.807) is 11.3 Å². The quantitative estimate of drug-likeness (QED) is 0.771. The lowest BCUT2D eigenvalue weighted by molar-refractivity contribution is -0.137. The SMILES string of the molecule is Cc1nc(CC(N)CCC(=O)O)cs1. The van der Waals surface area contributed by atoms with Gasteiger partial charge in [0, 0.05) is 24.3 Å². The summed E-state index contributed by atoms with van der Waals surface area (Å²) in [6.07, 6.45) is 1.30. The van der Waals surface area contributed by atoms with Crippen molar-refractivity contribution in [1.29, 1.82) is 0 Å². The molecule has 0 saturated heterocycles. The highest BCUT2D eigenvalue weighted by atomic mass is 32.1. The fourth-order valence-electron chi connectivity index (χ4n) is 1.18. The van der Waals surface area contributed by atoms with Crippen molar-refractivity contribution in [3.8, 4) is 0 Å². The van der Waals surface area contributed by atoms with Crippen LogP contribution < -0.4 is 5.73 Å². The zero-order valence-corrected chi connectivity index (χ0v) is 8.88. The Morgan fingerprint density at radius 3 is 3.00 bits per heavy atom. The molecule has 3 N–H and O–H groups in total. The number of carboxylic acids is 1. The van der Waals surface area contributed by atoms with Gasteiger partial charge in [-0.15, -0.1) is 11.3 Å². The normalized spacial score (nSPS) is 12.7. The molecular weight excluding hydrogens is 200 g/mol. The zero-order valence-electron chi connectivity index (χ0n) is 8.06. The Hall–Kier alpha value is -0.940. The minimum absolute atomic E-state index is 0.104. The van der Waals surface area contributed by atoms with Gasteiger partial charge in [-0.05, 0) is 13.3 Å². The summed E-state index contributed by atoms with van der Waals surface area (Å²) in [4.78, 5) is 14.6. The maximum absolute atomic E-state index is 10.3. The molecule has 0 saturated carbocycles. The topological polar surface area (TPSA) is 76.2 Å². The van der Waals surface area contributed by atoms with Crippen molar-refractivity contribution in [2.24, 2.45) is 5.73 Å². The molecule has 4 nitrogen and oxygen atoms in total. The molecule has 0 aliphatic heterocycles. The Kier molecular flexibility index (Phi) is 4.03. The summed E-state index contributed by atoms with van der Waals surface area (Å²) in [6, 6.07) is -0.104. The third-order valence-electron chi connectivity index (χ3n) is 1.87. The lowest BCUT2D eigenvalue weighted by Gasteiger charge is -2.07. The van der Waals surface area contributed by atoms with Gasteiger partial charge in [-0.3, -0.25) is 4.79 Å². The van der Waals surface area contributed by atoms with Crippen molar-refractivity contribution in [2.75, 3.05) is 0 Å². The van der Waals surface area contributed by atoms with Crippen molar-refractivity contribution in [2.45, 2.75) is 32.2 Å². The standard InChI is InChI=1S/C9H14N2O2S/c1-6-11-8(5-14-6)4-7(10)2-3-9(12)13/h5,7H,2-4,10H2,1H3,(H,12,13). The van der Waals surface area contributed by atoms with Gasteiger partial charge < -0.3 is 10.8 Å². The number of carbonyl (C=O) groups is 1. The summed E-state index contributed by atoms with van der Waals surface area (Å²) in [5, 5.41) is 11.5. The van der Waals surface area contributed by atoms with E-state index < -0.39 is 5.97 Å². The summed E-state index contributed by atoms with van der Waals surface area (Å²) in [5.74, 6) is -0.796. The molecule has 0 amide bonds. The average molecular weight is 214 g/mol. The summed E-state index contributed by atoms with van der Waals surface area (Å²) in [6.45, 7) is 1.94. The van der Waals surface area contributed by atoms with Crippen molar-refractivity contribution in [1.82, 2.24) is 4.98 Å². The van der Waals surface area contributed by atoms with E-state index in [1.165, 1.54) is 0 Å². The van der Waals surface area contributed by atoms with Crippen LogP contribution in [0.4, 0.5) is 0 Å². The number of aryl methyl sites for hydroxylation is 1. The number of hydrogen-bond acceptors (Lipinski definition) is 4. The third kappa shape index (κ3) is 3.85. The van der Waals surface area contributed by atoms with Crippen molar-refractivity contribution in [3.63, 3.8) is 0 Å². The molecule has 1 atom stereocenters. The minimum Gasteiger partial charge on any atom is -0.481 e. The van der Waals surface area contributed by atoms with E-state index in [2.05, 4.69) is 4.98 Å². The van der Waals surface area contributed by atoms with Crippen LogP contribution in [0, 0.1) is 6.92 Å². The van der Waals surface area contributed by atoms with Gasteiger partial charge in [-0.2, -0.15) is 0 Å². The molecule has 1 aromatic heterocycles. The summed E-state index contributed by atoms with van der Waals surface area (Å²) >= 11 is 1.59. The number of nitrogens with two attached hydrogens (primary N) is 1. The molecule has 1 rings (SSSR count). The van der Waals surface area contributed by atoms with Crippen LogP contribution in [-0.2, 0) is 11.2 Å². The first kappa shape index (κ1) is 11.1. The second-order valence-corrected chi connectivity index (χ2v) is 4.32. The van der Waals surface area contributed by atoms with E-state index in [0.29, 0.717) is 12.8 Å². The first-order valence-corrected chi connectivity index (χ1v) is 5.34. The maximum Gasteiger partial charge on any atom is 0.303 e. The van der Waals surface area contributed by atoms with Gasteiger partial charge in [0.1, 0.15) is 0 Å². The first-order valence-electron chi connectivity index (χ1n) is 4.46. The number of carboxylic acid groups (broad SMARTS) is 1. The largest absolute Gasteiger partial charge is 0.481 e. The Labute approximate surface area is 86.8 Å². The molecule has 0 fully saturated rings.